The Labute approximate surface area is 125 Å². The number of carbonyl (C=O) groups is 1. The zero-order valence-corrected chi connectivity index (χ0v) is 12.3. The van der Waals surface area contributed by atoms with Crippen LogP contribution in [0.25, 0.3) is 0 Å². The minimum Gasteiger partial charge on any atom is -0.508 e. The standard InChI is InChI=1S/C15H13BrN2O2/c16-14-8-11(3-5-17-14)15(20)18-6-4-10-1-2-13(19)7-12(10)9-18/h1-3,5,7-8,19H,4,6,9H2. The predicted octanol–water partition coefficient (Wildman–Crippen LogP) is 2.75. The molecule has 0 saturated carbocycles. The fourth-order valence-electron chi connectivity index (χ4n) is 2.43. The summed E-state index contributed by atoms with van der Waals surface area (Å²) < 4.78 is 0.651. The largest absolute Gasteiger partial charge is 0.508 e. The first-order chi connectivity index (χ1) is 9.63. The number of phenols is 1. The summed E-state index contributed by atoms with van der Waals surface area (Å²) in [6.45, 7) is 1.22. The van der Waals surface area contributed by atoms with Crippen LogP contribution < -0.4 is 0 Å². The molecule has 0 aliphatic carbocycles. The van der Waals surface area contributed by atoms with Crippen LogP contribution >= 0.6 is 15.9 Å². The van der Waals surface area contributed by atoms with E-state index in [1.54, 1.807) is 35.4 Å². The van der Waals surface area contributed by atoms with Gasteiger partial charge in [0.25, 0.3) is 5.91 Å². The molecular formula is C15H13BrN2O2. The SMILES string of the molecule is O=C(c1ccnc(Br)c1)N1CCc2ccc(O)cc2C1. The molecule has 4 nitrogen and oxygen atoms in total. The molecule has 1 amide bonds. The van der Waals surface area contributed by atoms with E-state index in [4.69, 9.17) is 0 Å². The molecule has 102 valence electrons. The van der Waals surface area contributed by atoms with Gasteiger partial charge in [0, 0.05) is 24.8 Å². The van der Waals surface area contributed by atoms with E-state index in [1.807, 2.05) is 6.07 Å². The average molecular weight is 333 g/mol. The highest BCUT2D eigenvalue weighted by atomic mass is 79.9. The van der Waals surface area contributed by atoms with Gasteiger partial charge in [0.05, 0.1) is 0 Å². The molecule has 1 aromatic heterocycles. The van der Waals surface area contributed by atoms with E-state index in [9.17, 15) is 9.90 Å². The molecule has 0 spiro atoms. The van der Waals surface area contributed by atoms with Crippen LogP contribution in [0, 0.1) is 0 Å². The maximum atomic E-state index is 12.5. The number of halogens is 1. The van der Waals surface area contributed by atoms with Crippen LogP contribution in [0.15, 0.2) is 41.1 Å². The molecule has 1 aromatic carbocycles. The van der Waals surface area contributed by atoms with Crippen molar-refractivity contribution in [2.75, 3.05) is 6.54 Å². The lowest BCUT2D eigenvalue weighted by Crippen LogP contribution is -2.35. The van der Waals surface area contributed by atoms with E-state index in [1.165, 1.54) is 5.56 Å². The minimum atomic E-state index is -0.0120. The third-order valence-electron chi connectivity index (χ3n) is 3.46. The number of hydrogen-bond donors (Lipinski definition) is 1. The van der Waals surface area contributed by atoms with E-state index in [0.717, 1.165) is 12.0 Å². The molecule has 20 heavy (non-hydrogen) atoms. The van der Waals surface area contributed by atoms with Gasteiger partial charge in [0.15, 0.2) is 0 Å². The Hall–Kier alpha value is -1.88. The van der Waals surface area contributed by atoms with Gasteiger partial charge in [-0.1, -0.05) is 6.07 Å². The number of benzene rings is 1. The maximum absolute atomic E-state index is 12.5. The normalized spacial score (nSPS) is 13.9. The van der Waals surface area contributed by atoms with Gasteiger partial charge in [0.2, 0.25) is 0 Å². The second kappa shape index (κ2) is 5.25. The predicted molar refractivity (Wildman–Crippen MR) is 78.5 cm³/mol. The number of aromatic nitrogens is 1. The summed E-state index contributed by atoms with van der Waals surface area (Å²) in [7, 11) is 0. The van der Waals surface area contributed by atoms with Gasteiger partial charge in [-0.05, 0) is 57.7 Å². The van der Waals surface area contributed by atoms with Crippen LogP contribution in [0.4, 0.5) is 0 Å². The quantitative estimate of drug-likeness (QED) is 0.817. The fourth-order valence-corrected chi connectivity index (χ4v) is 2.80. The Morgan fingerprint density at radius 3 is 2.90 bits per heavy atom. The summed E-state index contributed by atoms with van der Waals surface area (Å²) in [5.41, 5.74) is 2.83. The van der Waals surface area contributed by atoms with Crippen LogP contribution in [0.1, 0.15) is 21.5 Å². The Kier molecular flexibility index (Phi) is 3.44. The van der Waals surface area contributed by atoms with Crippen LogP contribution in [-0.4, -0.2) is 27.4 Å². The zero-order valence-electron chi connectivity index (χ0n) is 10.7. The lowest BCUT2D eigenvalue weighted by Gasteiger charge is -2.29. The molecule has 2 aromatic rings. The van der Waals surface area contributed by atoms with Gasteiger partial charge in [-0.25, -0.2) is 4.98 Å². The van der Waals surface area contributed by atoms with Gasteiger partial charge in [-0.3, -0.25) is 4.79 Å². The summed E-state index contributed by atoms with van der Waals surface area (Å²) in [4.78, 5) is 18.3. The van der Waals surface area contributed by atoms with Crippen molar-refractivity contribution in [3.63, 3.8) is 0 Å². The number of phenolic OH excluding ortho intramolecular Hbond substituents is 1. The lowest BCUT2D eigenvalue weighted by atomic mass is 9.99. The van der Waals surface area contributed by atoms with Crippen molar-refractivity contribution in [3.8, 4) is 5.75 Å². The first kappa shape index (κ1) is 13.1. The summed E-state index contributed by atoms with van der Waals surface area (Å²) in [5.74, 6) is 0.229. The number of fused-ring (bicyclic) bond motifs is 1. The molecule has 1 aliphatic heterocycles. The van der Waals surface area contributed by atoms with Crippen molar-refractivity contribution in [1.29, 1.82) is 0 Å². The van der Waals surface area contributed by atoms with Gasteiger partial charge < -0.3 is 10.0 Å². The maximum Gasteiger partial charge on any atom is 0.254 e. The summed E-state index contributed by atoms with van der Waals surface area (Å²) in [5, 5.41) is 9.55. The van der Waals surface area contributed by atoms with Crippen molar-refractivity contribution >= 4 is 21.8 Å². The fraction of sp³-hybridized carbons (Fsp3) is 0.200. The van der Waals surface area contributed by atoms with E-state index < -0.39 is 0 Å². The molecule has 2 heterocycles. The lowest BCUT2D eigenvalue weighted by molar-refractivity contribution is 0.0734. The molecule has 0 radical (unpaired) electrons. The molecule has 0 saturated heterocycles. The van der Waals surface area contributed by atoms with Gasteiger partial charge in [0.1, 0.15) is 10.4 Å². The highest BCUT2D eigenvalue weighted by Crippen LogP contribution is 2.24. The topological polar surface area (TPSA) is 53.4 Å². The number of nitrogens with zero attached hydrogens (tertiary/aromatic N) is 2. The molecule has 3 rings (SSSR count). The third-order valence-corrected chi connectivity index (χ3v) is 3.90. The number of amides is 1. The van der Waals surface area contributed by atoms with Crippen LogP contribution in [-0.2, 0) is 13.0 Å². The molecule has 0 atom stereocenters. The van der Waals surface area contributed by atoms with Crippen molar-refractivity contribution in [2.24, 2.45) is 0 Å². The average Bonchev–Trinajstić information content (AvgIpc) is 2.45. The Bertz CT molecular complexity index is 673. The first-order valence-electron chi connectivity index (χ1n) is 6.35. The molecule has 0 unspecified atom stereocenters. The second-order valence-corrected chi connectivity index (χ2v) is 5.61. The molecule has 0 bridgehead atoms. The van der Waals surface area contributed by atoms with E-state index >= 15 is 0 Å². The number of pyridine rings is 1. The van der Waals surface area contributed by atoms with E-state index in [2.05, 4.69) is 20.9 Å². The molecule has 1 aliphatic rings. The number of carbonyl (C=O) groups excluding carboxylic acids is 1. The molecule has 5 heteroatoms. The van der Waals surface area contributed by atoms with Gasteiger partial charge in [-0.2, -0.15) is 0 Å². The van der Waals surface area contributed by atoms with Crippen molar-refractivity contribution in [3.05, 3.63) is 57.8 Å². The first-order valence-corrected chi connectivity index (χ1v) is 7.14. The summed E-state index contributed by atoms with van der Waals surface area (Å²) >= 11 is 3.27. The van der Waals surface area contributed by atoms with Crippen molar-refractivity contribution < 1.29 is 9.90 Å². The minimum absolute atomic E-state index is 0.0120. The van der Waals surface area contributed by atoms with Gasteiger partial charge in [-0.15, -0.1) is 0 Å². The monoisotopic (exact) mass is 332 g/mol. The smallest absolute Gasteiger partial charge is 0.254 e. The second-order valence-electron chi connectivity index (χ2n) is 4.80. The van der Waals surface area contributed by atoms with Crippen molar-refractivity contribution in [1.82, 2.24) is 9.88 Å². The van der Waals surface area contributed by atoms with Crippen LogP contribution in [0.2, 0.25) is 0 Å². The number of hydrogen-bond acceptors (Lipinski definition) is 3. The van der Waals surface area contributed by atoms with E-state index in [-0.39, 0.29) is 11.7 Å². The van der Waals surface area contributed by atoms with Crippen LogP contribution in [0.5, 0.6) is 5.75 Å². The summed E-state index contributed by atoms with van der Waals surface area (Å²) in [6.07, 6.45) is 2.43. The molecule has 1 N–H and O–H groups in total. The number of rotatable bonds is 1. The Balaban J connectivity index is 1.84. The van der Waals surface area contributed by atoms with Gasteiger partial charge >= 0.3 is 0 Å². The zero-order chi connectivity index (χ0) is 14.1. The number of aromatic hydroxyl groups is 1. The summed E-state index contributed by atoms with van der Waals surface area (Å²) in [6, 6.07) is 8.79. The van der Waals surface area contributed by atoms with E-state index in [0.29, 0.717) is 23.3 Å². The van der Waals surface area contributed by atoms with Crippen molar-refractivity contribution in [2.45, 2.75) is 13.0 Å². The Morgan fingerprint density at radius 1 is 1.25 bits per heavy atom. The molecule has 0 fully saturated rings. The van der Waals surface area contributed by atoms with Crippen LogP contribution in [0.3, 0.4) is 0 Å². The third kappa shape index (κ3) is 2.54. The Morgan fingerprint density at radius 2 is 2.10 bits per heavy atom. The molecular weight excluding hydrogens is 320 g/mol. The highest BCUT2D eigenvalue weighted by Gasteiger charge is 2.22. The highest BCUT2D eigenvalue weighted by molar-refractivity contribution is 9.10.